The molecule has 0 fully saturated rings. The van der Waals surface area contributed by atoms with Gasteiger partial charge in [0, 0.05) is 4.47 Å². The molecule has 9 heteroatoms. The summed E-state index contributed by atoms with van der Waals surface area (Å²) in [4.78, 5) is 7.16. The number of nitrogens with zero attached hydrogens (tertiary/aromatic N) is 2. The molecular weight excluding hydrogens is 356 g/mol. The van der Waals surface area contributed by atoms with Crippen molar-refractivity contribution in [3.63, 3.8) is 0 Å². The lowest BCUT2D eigenvalue weighted by atomic mass is 10.3. The SMILES string of the molecule is Nc1ncc(S(=O)(=O)Nc2ccc(Br)cc2Cl)cn1. The lowest BCUT2D eigenvalue weighted by molar-refractivity contribution is 0.600. The van der Waals surface area contributed by atoms with Crippen molar-refractivity contribution in [2.75, 3.05) is 10.5 Å². The number of hydrogen-bond acceptors (Lipinski definition) is 5. The molecular formula is C10H8BrClN4O2S. The van der Waals surface area contributed by atoms with E-state index in [1.807, 2.05) is 0 Å². The van der Waals surface area contributed by atoms with Crippen LogP contribution in [0.1, 0.15) is 0 Å². The molecule has 0 saturated carbocycles. The number of benzene rings is 1. The van der Waals surface area contributed by atoms with Crippen LogP contribution in [0.3, 0.4) is 0 Å². The van der Waals surface area contributed by atoms with Crippen molar-refractivity contribution in [3.05, 3.63) is 40.1 Å². The largest absolute Gasteiger partial charge is 0.368 e. The van der Waals surface area contributed by atoms with Crippen LogP contribution < -0.4 is 10.5 Å². The molecule has 2 rings (SSSR count). The molecule has 0 radical (unpaired) electrons. The third kappa shape index (κ3) is 3.34. The van der Waals surface area contributed by atoms with Gasteiger partial charge in [-0.05, 0) is 18.2 Å². The topological polar surface area (TPSA) is 98.0 Å². The summed E-state index contributed by atoms with van der Waals surface area (Å²) in [6.45, 7) is 0. The summed E-state index contributed by atoms with van der Waals surface area (Å²) < 4.78 is 27.2. The molecule has 0 aliphatic carbocycles. The Morgan fingerprint density at radius 1 is 1.26 bits per heavy atom. The second-order valence-corrected chi connectivity index (χ2v) is 6.51. The summed E-state index contributed by atoms with van der Waals surface area (Å²) >= 11 is 9.17. The zero-order valence-corrected chi connectivity index (χ0v) is 12.5. The Kier molecular flexibility index (Phi) is 3.93. The molecule has 100 valence electrons. The van der Waals surface area contributed by atoms with Gasteiger partial charge >= 0.3 is 0 Å². The summed E-state index contributed by atoms with van der Waals surface area (Å²) in [5.74, 6) is 0.000578. The van der Waals surface area contributed by atoms with E-state index in [0.717, 1.165) is 16.9 Å². The molecule has 0 bridgehead atoms. The van der Waals surface area contributed by atoms with E-state index >= 15 is 0 Å². The van der Waals surface area contributed by atoms with Gasteiger partial charge in [-0.2, -0.15) is 0 Å². The van der Waals surface area contributed by atoms with Gasteiger partial charge in [-0.1, -0.05) is 27.5 Å². The number of nitrogens with one attached hydrogen (secondary N) is 1. The standard InChI is InChI=1S/C10H8BrClN4O2S/c11-6-1-2-9(8(12)3-6)16-19(17,18)7-4-14-10(13)15-5-7/h1-5,16H,(H2,13,14,15). The fourth-order valence-corrected chi connectivity index (χ4v) is 2.99. The van der Waals surface area contributed by atoms with Crippen LogP contribution in [-0.2, 0) is 10.0 Å². The zero-order chi connectivity index (χ0) is 14.0. The molecule has 0 aliphatic rings. The lowest BCUT2D eigenvalue weighted by Crippen LogP contribution is -2.14. The first-order chi connectivity index (χ1) is 8.88. The highest BCUT2D eigenvalue weighted by atomic mass is 79.9. The molecule has 0 unspecified atom stereocenters. The minimum atomic E-state index is -3.80. The molecule has 6 nitrogen and oxygen atoms in total. The van der Waals surface area contributed by atoms with Crippen LogP contribution in [0, 0.1) is 0 Å². The van der Waals surface area contributed by atoms with Crippen LogP contribution in [0.2, 0.25) is 5.02 Å². The van der Waals surface area contributed by atoms with E-state index in [0.29, 0.717) is 0 Å². The van der Waals surface area contributed by atoms with Gasteiger partial charge < -0.3 is 5.73 Å². The highest BCUT2D eigenvalue weighted by Gasteiger charge is 2.16. The molecule has 0 amide bonds. The van der Waals surface area contributed by atoms with Gasteiger partial charge in [-0.3, -0.25) is 4.72 Å². The summed E-state index contributed by atoms with van der Waals surface area (Å²) in [5, 5.41) is 0.273. The molecule has 1 aromatic heterocycles. The van der Waals surface area contributed by atoms with Gasteiger partial charge in [0.25, 0.3) is 10.0 Å². The predicted octanol–water partition coefficient (Wildman–Crippen LogP) is 2.28. The van der Waals surface area contributed by atoms with Gasteiger partial charge in [-0.15, -0.1) is 0 Å². The maximum Gasteiger partial charge on any atom is 0.265 e. The normalized spacial score (nSPS) is 11.3. The summed E-state index contributed by atoms with van der Waals surface area (Å²) in [7, 11) is -3.80. The fraction of sp³-hybridized carbons (Fsp3) is 0. The molecule has 3 N–H and O–H groups in total. The minimum Gasteiger partial charge on any atom is -0.368 e. The van der Waals surface area contributed by atoms with Crippen molar-refractivity contribution in [2.45, 2.75) is 4.90 Å². The predicted molar refractivity (Wildman–Crippen MR) is 76.4 cm³/mol. The van der Waals surface area contributed by atoms with Crippen molar-refractivity contribution in [3.8, 4) is 0 Å². The van der Waals surface area contributed by atoms with Crippen LogP contribution >= 0.6 is 27.5 Å². The van der Waals surface area contributed by atoms with Gasteiger partial charge in [0.05, 0.1) is 23.1 Å². The minimum absolute atomic E-state index is 0.000578. The number of hydrogen-bond donors (Lipinski definition) is 2. The highest BCUT2D eigenvalue weighted by molar-refractivity contribution is 9.10. The van der Waals surface area contributed by atoms with Crippen LogP contribution in [0.25, 0.3) is 0 Å². The number of rotatable bonds is 3. The molecule has 0 atom stereocenters. The molecule has 19 heavy (non-hydrogen) atoms. The smallest absolute Gasteiger partial charge is 0.265 e. The monoisotopic (exact) mass is 362 g/mol. The van der Waals surface area contributed by atoms with E-state index in [1.165, 1.54) is 0 Å². The van der Waals surface area contributed by atoms with Gasteiger partial charge in [0.15, 0.2) is 0 Å². The Labute approximate surface area is 123 Å². The number of sulfonamides is 1. The Morgan fingerprint density at radius 3 is 2.47 bits per heavy atom. The molecule has 1 heterocycles. The number of nitrogens with two attached hydrogens (primary N) is 1. The zero-order valence-electron chi connectivity index (χ0n) is 9.34. The molecule has 0 saturated heterocycles. The molecule has 2 aromatic rings. The van der Waals surface area contributed by atoms with Gasteiger partial charge in [0.2, 0.25) is 5.95 Å². The Balaban J connectivity index is 2.33. The van der Waals surface area contributed by atoms with E-state index in [1.54, 1.807) is 18.2 Å². The van der Waals surface area contributed by atoms with E-state index in [2.05, 4.69) is 30.6 Å². The summed E-state index contributed by atoms with van der Waals surface area (Å²) in [6.07, 6.45) is 2.24. The fourth-order valence-electron chi connectivity index (χ4n) is 1.24. The van der Waals surface area contributed by atoms with Crippen molar-refractivity contribution >= 4 is 49.2 Å². The quantitative estimate of drug-likeness (QED) is 0.871. The van der Waals surface area contributed by atoms with E-state index in [9.17, 15) is 8.42 Å². The van der Waals surface area contributed by atoms with Crippen molar-refractivity contribution in [1.82, 2.24) is 9.97 Å². The van der Waals surface area contributed by atoms with Crippen LogP contribution in [0.15, 0.2) is 40.0 Å². The van der Waals surface area contributed by atoms with Gasteiger partial charge in [-0.25, -0.2) is 18.4 Å². The van der Waals surface area contributed by atoms with Gasteiger partial charge in [0.1, 0.15) is 4.90 Å². The third-order valence-corrected chi connectivity index (χ3v) is 4.26. The lowest BCUT2D eigenvalue weighted by Gasteiger charge is -2.09. The number of anilines is 2. The van der Waals surface area contributed by atoms with Crippen molar-refractivity contribution in [1.29, 1.82) is 0 Å². The number of aromatic nitrogens is 2. The maximum atomic E-state index is 12.0. The Morgan fingerprint density at radius 2 is 1.89 bits per heavy atom. The maximum absolute atomic E-state index is 12.0. The van der Waals surface area contributed by atoms with E-state index in [4.69, 9.17) is 17.3 Å². The molecule has 0 spiro atoms. The van der Waals surface area contributed by atoms with Crippen LogP contribution in [0.4, 0.5) is 11.6 Å². The van der Waals surface area contributed by atoms with E-state index < -0.39 is 10.0 Å². The van der Waals surface area contributed by atoms with Crippen LogP contribution in [-0.4, -0.2) is 18.4 Å². The molecule has 1 aromatic carbocycles. The van der Waals surface area contributed by atoms with E-state index in [-0.39, 0.29) is 21.6 Å². The number of nitrogen functional groups attached to an aromatic ring is 1. The van der Waals surface area contributed by atoms with Crippen LogP contribution in [0.5, 0.6) is 0 Å². The third-order valence-electron chi connectivity index (χ3n) is 2.13. The summed E-state index contributed by atoms with van der Waals surface area (Å²) in [6, 6.07) is 4.80. The average Bonchev–Trinajstić information content (AvgIpc) is 2.33. The highest BCUT2D eigenvalue weighted by Crippen LogP contribution is 2.27. The number of halogens is 2. The summed E-state index contributed by atoms with van der Waals surface area (Å²) in [5.41, 5.74) is 5.56. The Bertz CT molecular complexity index is 706. The van der Waals surface area contributed by atoms with Crippen molar-refractivity contribution in [2.24, 2.45) is 0 Å². The second-order valence-electron chi connectivity index (χ2n) is 3.51. The first kappa shape index (κ1) is 14.0. The average molecular weight is 364 g/mol. The first-order valence-corrected chi connectivity index (χ1v) is 7.59. The Hall–Kier alpha value is -1.38. The first-order valence-electron chi connectivity index (χ1n) is 4.94. The van der Waals surface area contributed by atoms with Crippen molar-refractivity contribution < 1.29 is 8.42 Å². The molecule has 0 aliphatic heterocycles. The second kappa shape index (κ2) is 5.32.